The summed E-state index contributed by atoms with van der Waals surface area (Å²) in [5, 5.41) is 2.85. The van der Waals surface area contributed by atoms with Crippen molar-refractivity contribution in [2.24, 2.45) is 0 Å². The molecule has 0 saturated carbocycles. The molecule has 2 rings (SSSR count). The van der Waals surface area contributed by atoms with Crippen molar-refractivity contribution in [3.8, 4) is 17.2 Å². The molecule has 1 N–H and O–H groups in total. The van der Waals surface area contributed by atoms with E-state index in [0.717, 1.165) is 5.56 Å². The molecule has 27 heavy (non-hydrogen) atoms. The van der Waals surface area contributed by atoms with Crippen LogP contribution in [-0.4, -0.2) is 26.2 Å². The van der Waals surface area contributed by atoms with Crippen LogP contribution in [0.3, 0.4) is 0 Å². The average molecular weight is 371 g/mol. The van der Waals surface area contributed by atoms with Crippen molar-refractivity contribution in [3.63, 3.8) is 0 Å². The predicted molar refractivity (Wildman–Crippen MR) is 107 cm³/mol. The summed E-state index contributed by atoms with van der Waals surface area (Å²) < 4.78 is 16.4. The molecular formula is C22H29NO4. The molecule has 0 aliphatic carbocycles. The lowest BCUT2D eigenvalue weighted by Crippen LogP contribution is -2.28. The van der Waals surface area contributed by atoms with Crippen LogP contribution in [-0.2, 0) is 16.8 Å². The molecule has 0 saturated heterocycles. The number of ether oxygens (including phenoxy) is 3. The number of nitrogens with one attached hydrogen (secondary N) is 1. The third-order valence-electron chi connectivity index (χ3n) is 4.11. The van der Waals surface area contributed by atoms with Gasteiger partial charge in [0.25, 0.3) is 5.91 Å². The summed E-state index contributed by atoms with van der Waals surface area (Å²) in [4.78, 5) is 12.0. The van der Waals surface area contributed by atoms with E-state index in [1.807, 2.05) is 49.4 Å². The van der Waals surface area contributed by atoms with E-state index in [9.17, 15) is 4.79 Å². The number of amides is 1. The predicted octanol–water partition coefficient (Wildman–Crippen LogP) is 4.09. The zero-order valence-electron chi connectivity index (χ0n) is 16.8. The van der Waals surface area contributed by atoms with E-state index in [0.29, 0.717) is 30.4 Å². The third kappa shape index (κ3) is 6.20. The molecule has 2 aromatic carbocycles. The molecule has 1 amide bonds. The maximum absolute atomic E-state index is 12.0. The summed E-state index contributed by atoms with van der Waals surface area (Å²) in [7, 11) is 1.60. The van der Waals surface area contributed by atoms with Crippen molar-refractivity contribution >= 4 is 5.91 Å². The standard InChI is InChI=1S/C22H29NO4/c1-6-26-19-12-7-16(13-20(19)25-5)14-23-21(24)15-27-18-10-8-17(9-11-18)22(2,3)4/h7-13H,6,14-15H2,1-5H3,(H,23,24). The lowest BCUT2D eigenvalue weighted by molar-refractivity contribution is -0.123. The van der Waals surface area contributed by atoms with Gasteiger partial charge in [0.1, 0.15) is 5.75 Å². The first-order chi connectivity index (χ1) is 12.8. The largest absolute Gasteiger partial charge is 0.493 e. The number of rotatable bonds is 8. The molecule has 0 aliphatic rings. The summed E-state index contributed by atoms with van der Waals surface area (Å²) in [6, 6.07) is 13.4. The Morgan fingerprint density at radius 2 is 1.70 bits per heavy atom. The molecule has 146 valence electrons. The third-order valence-corrected chi connectivity index (χ3v) is 4.11. The van der Waals surface area contributed by atoms with Crippen LogP contribution in [0.4, 0.5) is 0 Å². The molecule has 0 aliphatic heterocycles. The van der Waals surface area contributed by atoms with Crippen LogP contribution in [0.2, 0.25) is 0 Å². The van der Waals surface area contributed by atoms with Crippen molar-refractivity contribution in [2.45, 2.75) is 39.7 Å². The van der Waals surface area contributed by atoms with Crippen molar-refractivity contribution in [2.75, 3.05) is 20.3 Å². The minimum Gasteiger partial charge on any atom is -0.493 e. The number of carbonyl (C=O) groups excluding carboxylic acids is 1. The first kappa shape index (κ1) is 20.6. The van der Waals surface area contributed by atoms with E-state index >= 15 is 0 Å². The molecule has 2 aromatic rings. The smallest absolute Gasteiger partial charge is 0.258 e. The minimum absolute atomic E-state index is 0.0248. The highest BCUT2D eigenvalue weighted by atomic mass is 16.5. The maximum atomic E-state index is 12.0. The van der Waals surface area contributed by atoms with Crippen molar-refractivity contribution in [1.82, 2.24) is 5.32 Å². The fourth-order valence-corrected chi connectivity index (χ4v) is 2.55. The second-order valence-electron chi connectivity index (χ2n) is 7.26. The van der Waals surface area contributed by atoms with Gasteiger partial charge in [-0.2, -0.15) is 0 Å². The zero-order valence-corrected chi connectivity index (χ0v) is 16.8. The van der Waals surface area contributed by atoms with Gasteiger partial charge in [0.05, 0.1) is 13.7 Å². The van der Waals surface area contributed by atoms with E-state index in [-0.39, 0.29) is 17.9 Å². The summed E-state index contributed by atoms with van der Waals surface area (Å²) in [5.41, 5.74) is 2.25. The molecule has 0 heterocycles. The fraction of sp³-hybridized carbons (Fsp3) is 0.409. The molecule has 0 unspecified atom stereocenters. The van der Waals surface area contributed by atoms with Gasteiger partial charge in [0, 0.05) is 6.54 Å². The summed E-state index contributed by atoms with van der Waals surface area (Å²) in [6.07, 6.45) is 0. The molecule has 5 nitrogen and oxygen atoms in total. The summed E-state index contributed by atoms with van der Waals surface area (Å²) >= 11 is 0. The lowest BCUT2D eigenvalue weighted by Gasteiger charge is -2.19. The molecule has 0 aromatic heterocycles. The van der Waals surface area contributed by atoms with Crippen LogP contribution in [0.15, 0.2) is 42.5 Å². The Balaban J connectivity index is 1.84. The number of benzene rings is 2. The molecule has 0 radical (unpaired) electrons. The van der Waals surface area contributed by atoms with E-state index in [1.165, 1.54) is 5.56 Å². The van der Waals surface area contributed by atoms with Gasteiger partial charge in [-0.05, 0) is 47.7 Å². The van der Waals surface area contributed by atoms with Crippen molar-refractivity contribution < 1.29 is 19.0 Å². The Morgan fingerprint density at radius 3 is 2.30 bits per heavy atom. The highest BCUT2D eigenvalue weighted by Crippen LogP contribution is 2.28. The van der Waals surface area contributed by atoms with E-state index in [2.05, 4.69) is 26.1 Å². The van der Waals surface area contributed by atoms with Gasteiger partial charge in [-0.3, -0.25) is 4.79 Å². The van der Waals surface area contributed by atoms with E-state index < -0.39 is 0 Å². The summed E-state index contributed by atoms with van der Waals surface area (Å²) in [5.74, 6) is 1.85. The Morgan fingerprint density at radius 1 is 1.00 bits per heavy atom. The molecule has 0 atom stereocenters. The maximum Gasteiger partial charge on any atom is 0.258 e. The highest BCUT2D eigenvalue weighted by molar-refractivity contribution is 5.77. The normalized spacial score (nSPS) is 11.0. The van der Waals surface area contributed by atoms with Crippen LogP contribution in [0.1, 0.15) is 38.8 Å². The van der Waals surface area contributed by atoms with Gasteiger partial charge in [-0.15, -0.1) is 0 Å². The van der Waals surface area contributed by atoms with Gasteiger partial charge in [-0.25, -0.2) is 0 Å². The first-order valence-corrected chi connectivity index (χ1v) is 9.13. The molecule has 5 heteroatoms. The molecule has 0 bridgehead atoms. The van der Waals surface area contributed by atoms with Crippen LogP contribution < -0.4 is 19.5 Å². The molecule has 0 spiro atoms. The summed E-state index contributed by atoms with van der Waals surface area (Å²) in [6.45, 7) is 9.34. The first-order valence-electron chi connectivity index (χ1n) is 9.13. The number of hydrogen-bond acceptors (Lipinski definition) is 4. The lowest BCUT2D eigenvalue weighted by atomic mass is 9.87. The number of hydrogen-bond donors (Lipinski definition) is 1. The Hall–Kier alpha value is -2.69. The van der Waals surface area contributed by atoms with Crippen LogP contribution in [0.25, 0.3) is 0 Å². The van der Waals surface area contributed by atoms with Gasteiger partial charge in [0.15, 0.2) is 18.1 Å². The number of carbonyl (C=O) groups is 1. The zero-order chi connectivity index (χ0) is 19.9. The second kappa shape index (κ2) is 9.31. The topological polar surface area (TPSA) is 56.8 Å². The Labute approximate surface area is 161 Å². The average Bonchev–Trinajstić information content (AvgIpc) is 2.65. The van der Waals surface area contributed by atoms with E-state index in [1.54, 1.807) is 7.11 Å². The molecular weight excluding hydrogens is 342 g/mol. The van der Waals surface area contributed by atoms with Gasteiger partial charge in [0.2, 0.25) is 0 Å². The second-order valence-corrected chi connectivity index (χ2v) is 7.26. The Kier molecular flexibility index (Phi) is 7.11. The van der Waals surface area contributed by atoms with Crippen molar-refractivity contribution in [1.29, 1.82) is 0 Å². The van der Waals surface area contributed by atoms with Gasteiger partial charge in [-0.1, -0.05) is 39.0 Å². The van der Waals surface area contributed by atoms with Crippen molar-refractivity contribution in [3.05, 3.63) is 53.6 Å². The van der Waals surface area contributed by atoms with Gasteiger partial charge < -0.3 is 19.5 Å². The van der Waals surface area contributed by atoms with Crippen LogP contribution in [0, 0.1) is 0 Å². The van der Waals surface area contributed by atoms with Gasteiger partial charge >= 0.3 is 0 Å². The van der Waals surface area contributed by atoms with E-state index in [4.69, 9.17) is 14.2 Å². The quantitative estimate of drug-likeness (QED) is 0.759. The monoisotopic (exact) mass is 371 g/mol. The highest BCUT2D eigenvalue weighted by Gasteiger charge is 2.13. The number of methoxy groups -OCH3 is 1. The minimum atomic E-state index is -0.178. The SMILES string of the molecule is CCOc1ccc(CNC(=O)COc2ccc(C(C)(C)C)cc2)cc1OC. The van der Waals surface area contributed by atoms with Crippen LogP contribution >= 0.6 is 0 Å². The van der Waals surface area contributed by atoms with Crippen LogP contribution in [0.5, 0.6) is 17.2 Å². The Bertz CT molecular complexity index is 748. The molecule has 0 fully saturated rings. The fourth-order valence-electron chi connectivity index (χ4n) is 2.55.